The van der Waals surface area contributed by atoms with Crippen LogP contribution in [0.4, 0.5) is 0 Å². The molecule has 0 atom stereocenters. The Kier molecular flexibility index (Phi) is 3.05. The molecular weight excluding hydrogens is 178 g/mol. The Morgan fingerprint density at radius 1 is 1.67 bits per heavy atom. The highest BCUT2D eigenvalue weighted by Gasteiger charge is 2.02. The number of aromatic nitrogens is 1. The number of hydrogen-bond acceptors (Lipinski definition) is 2. The summed E-state index contributed by atoms with van der Waals surface area (Å²) in [6, 6.07) is 1.73. The van der Waals surface area contributed by atoms with Crippen LogP contribution < -0.4 is 0 Å². The van der Waals surface area contributed by atoms with Crippen molar-refractivity contribution in [3.8, 4) is 0 Å². The van der Waals surface area contributed by atoms with E-state index in [0.717, 1.165) is 5.56 Å². The predicted octanol–water partition coefficient (Wildman–Crippen LogP) is 1.75. The van der Waals surface area contributed by atoms with Gasteiger partial charge in [0.25, 0.3) is 0 Å². The van der Waals surface area contributed by atoms with E-state index >= 15 is 0 Å². The Morgan fingerprint density at radius 2 is 2.42 bits per heavy atom. The molecule has 0 radical (unpaired) electrons. The van der Waals surface area contributed by atoms with Crippen molar-refractivity contribution >= 4 is 17.6 Å². The monoisotopic (exact) mass is 185 g/mol. The number of hydrogen-bond donors (Lipinski definition) is 1. The van der Waals surface area contributed by atoms with Gasteiger partial charge in [0.15, 0.2) is 0 Å². The van der Waals surface area contributed by atoms with Crippen molar-refractivity contribution in [1.29, 1.82) is 0 Å². The highest BCUT2D eigenvalue weighted by molar-refractivity contribution is 6.31. The fourth-order valence-electron chi connectivity index (χ4n) is 0.848. The van der Waals surface area contributed by atoms with E-state index in [1.54, 1.807) is 12.3 Å². The molecule has 0 spiro atoms. The number of nitrogens with zero attached hydrogens (tertiary/aromatic N) is 1. The Bertz CT molecular complexity index is 288. The number of pyridine rings is 1. The SMILES string of the molecule is O=C(O)CCc1ccncc1Cl. The molecule has 64 valence electrons. The van der Waals surface area contributed by atoms with Crippen molar-refractivity contribution < 1.29 is 9.90 Å². The molecule has 0 aliphatic carbocycles. The van der Waals surface area contributed by atoms with Crippen LogP contribution in [0.25, 0.3) is 0 Å². The van der Waals surface area contributed by atoms with Crippen molar-refractivity contribution in [1.82, 2.24) is 4.98 Å². The molecule has 1 aromatic rings. The minimum Gasteiger partial charge on any atom is -0.481 e. The van der Waals surface area contributed by atoms with Gasteiger partial charge in [0.2, 0.25) is 0 Å². The van der Waals surface area contributed by atoms with Crippen LogP contribution in [0.2, 0.25) is 5.02 Å². The van der Waals surface area contributed by atoms with Gasteiger partial charge in [-0.2, -0.15) is 0 Å². The summed E-state index contributed by atoms with van der Waals surface area (Å²) in [6.45, 7) is 0. The number of carboxylic acid groups (broad SMARTS) is 1. The van der Waals surface area contributed by atoms with Gasteiger partial charge < -0.3 is 5.11 Å². The van der Waals surface area contributed by atoms with Gasteiger partial charge >= 0.3 is 5.97 Å². The van der Waals surface area contributed by atoms with Crippen molar-refractivity contribution in [2.45, 2.75) is 12.8 Å². The molecule has 0 bridgehead atoms. The van der Waals surface area contributed by atoms with Crippen LogP contribution in [-0.2, 0) is 11.2 Å². The molecule has 3 nitrogen and oxygen atoms in total. The summed E-state index contributed by atoms with van der Waals surface area (Å²) in [7, 11) is 0. The van der Waals surface area contributed by atoms with Crippen LogP contribution in [0.1, 0.15) is 12.0 Å². The fraction of sp³-hybridized carbons (Fsp3) is 0.250. The van der Waals surface area contributed by atoms with Crippen molar-refractivity contribution in [2.24, 2.45) is 0 Å². The minimum absolute atomic E-state index is 0.101. The van der Waals surface area contributed by atoms with Gasteiger partial charge in [-0.3, -0.25) is 9.78 Å². The lowest BCUT2D eigenvalue weighted by Crippen LogP contribution is -1.97. The number of carboxylic acids is 1. The summed E-state index contributed by atoms with van der Waals surface area (Å²) in [4.78, 5) is 14.0. The molecule has 0 aliphatic heterocycles. The second-order valence-electron chi connectivity index (χ2n) is 2.36. The molecule has 4 heteroatoms. The second-order valence-corrected chi connectivity index (χ2v) is 2.77. The second kappa shape index (κ2) is 4.07. The van der Waals surface area contributed by atoms with Crippen molar-refractivity contribution in [3.05, 3.63) is 29.0 Å². The summed E-state index contributed by atoms with van der Waals surface area (Å²) < 4.78 is 0. The first kappa shape index (κ1) is 9.00. The van der Waals surface area contributed by atoms with E-state index in [4.69, 9.17) is 16.7 Å². The average molecular weight is 186 g/mol. The maximum absolute atomic E-state index is 10.2. The molecule has 0 fully saturated rings. The molecule has 0 unspecified atom stereocenters. The van der Waals surface area contributed by atoms with Crippen LogP contribution in [0.5, 0.6) is 0 Å². The number of aryl methyl sites for hydroxylation is 1. The highest BCUT2D eigenvalue weighted by Crippen LogP contribution is 2.14. The fourth-order valence-corrected chi connectivity index (χ4v) is 1.06. The predicted molar refractivity (Wildman–Crippen MR) is 45.2 cm³/mol. The Labute approximate surface area is 75.0 Å². The van der Waals surface area contributed by atoms with E-state index in [-0.39, 0.29) is 6.42 Å². The smallest absolute Gasteiger partial charge is 0.303 e. The number of aliphatic carboxylic acids is 1. The maximum atomic E-state index is 10.2. The van der Waals surface area contributed by atoms with E-state index in [1.807, 2.05) is 0 Å². The topological polar surface area (TPSA) is 50.2 Å². The van der Waals surface area contributed by atoms with Gasteiger partial charge in [0.05, 0.1) is 5.02 Å². The first-order chi connectivity index (χ1) is 5.70. The summed E-state index contributed by atoms with van der Waals surface area (Å²) in [6.07, 6.45) is 3.67. The molecular formula is C8H8ClNO2. The third-order valence-electron chi connectivity index (χ3n) is 1.46. The summed E-state index contributed by atoms with van der Waals surface area (Å²) in [5, 5.41) is 8.93. The van der Waals surface area contributed by atoms with E-state index in [9.17, 15) is 4.79 Å². The molecule has 1 rings (SSSR count). The molecule has 0 saturated heterocycles. The molecule has 0 aliphatic rings. The van der Waals surface area contributed by atoms with Crippen LogP contribution in [0.3, 0.4) is 0 Å². The molecule has 1 N–H and O–H groups in total. The maximum Gasteiger partial charge on any atom is 0.303 e. The third kappa shape index (κ3) is 2.51. The lowest BCUT2D eigenvalue weighted by molar-refractivity contribution is -0.136. The standard InChI is InChI=1S/C8H8ClNO2/c9-7-5-10-4-3-6(7)1-2-8(11)12/h3-5H,1-2H2,(H,11,12). The molecule has 0 amide bonds. The Balaban J connectivity index is 2.63. The van der Waals surface area contributed by atoms with Crippen LogP contribution in [0, 0.1) is 0 Å². The number of rotatable bonds is 3. The first-order valence-corrected chi connectivity index (χ1v) is 3.88. The third-order valence-corrected chi connectivity index (χ3v) is 1.80. The van der Waals surface area contributed by atoms with Crippen LogP contribution in [-0.4, -0.2) is 16.1 Å². The van der Waals surface area contributed by atoms with E-state index in [1.165, 1.54) is 6.20 Å². The van der Waals surface area contributed by atoms with E-state index < -0.39 is 5.97 Å². The van der Waals surface area contributed by atoms with E-state index in [2.05, 4.69) is 4.98 Å². The zero-order chi connectivity index (χ0) is 8.97. The van der Waals surface area contributed by atoms with Gasteiger partial charge in [-0.1, -0.05) is 11.6 Å². The molecule has 0 aromatic carbocycles. The van der Waals surface area contributed by atoms with Gasteiger partial charge in [-0.05, 0) is 18.1 Å². The summed E-state index contributed by atoms with van der Waals surface area (Å²) >= 11 is 5.75. The van der Waals surface area contributed by atoms with Crippen LogP contribution >= 0.6 is 11.6 Å². The van der Waals surface area contributed by atoms with Gasteiger partial charge in [0.1, 0.15) is 0 Å². The van der Waals surface area contributed by atoms with E-state index in [0.29, 0.717) is 11.4 Å². The lowest BCUT2D eigenvalue weighted by atomic mass is 10.1. The Hall–Kier alpha value is -1.09. The van der Waals surface area contributed by atoms with Gasteiger partial charge in [-0.25, -0.2) is 0 Å². The molecule has 12 heavy (non-hydrogen) atoms. The zero-order valence-electron chi connectivity index (χ0n) is 6.33. The largest absolute Gasteiger partial charge is 0.481 e. The van der Waals surface area contributed by atoms with Crippen LogP contribution in [0.15, 0.2) is 18.5 Å². The lowest BCUT2D eigenvalue weighted by Gasteiger charge is -1.99. The molecule has 1 aromatic heterocycles. The quantitative estimate of drug-likeness (QED) is 0.781. The van der Waals surface area contributed by atoms with Crippen molar-refractivity contribution in [2.75, 3.05) is 0 Å². The van der Waals surface area contributed by atoms with Gasteiger partial charge in [-0.15, -0.1) is 0 Å². The Morgan fingerprint density at radius 3 is 3.00 bits per heavy atom. The first-order valence-electron chi connectivity index (χ1n) is 3.50. The van der Waals surface area contributed by atoms with Gasteiger partial charge in [0, 0.05) is 18.8 Å². The summed E-state index contributed by atoms with van der Waals surface area (Å²) in [5.74, 6) is -0.817. The molecule has 1 heterocycles. The average Bonchev–Trinajstić information content (AvgIpc) is 2.03. The summed E-state index contributed by atoms with van der Waals surface area (Å²) in [5.41, 5.74) is 0.828. The highest BCUT2D eigenvalue weighted by atomic mass is 35.5. The zero-order valence-corrected chi connectivity index (χ0v) is 7.08. The number of halogens is 1. The van der Waals surface area contributed by atoms with Crippen molar-refractivity contribution in [3.63, 3.8) is 0 Å². The molecule has 0 saturated carbocycles. The normalized spacial score (nSPS) is 9.75. The minimum atomic E-state index is -0.817. The number of carbonyl (C=O) groups is 1.